The molecule has 3 heteroatoms. The van der Waals surface area contributed by atoms with Crippen LogP contribution < -0.4 is 0 Å². The average molecular weight is 290 g/mol. The van der Waals surface area contributed by atoms with E-state index in [1.54, 1.807) is 0 Å². The number of rotatable bonds is 5. The van der Waals surface area contributed by atoms with Crippen LogP contribution in [0.4, 0.5) is 0 Å². The Bertz CT molecular complexity index is 480. The summed E-state index contributed by atoms with van der Waals surface area (Å²) >= 11 is 0. The fourth-order valence-electron chi connectivity index (χ4n) is 3.47. The van der Waals surface area contributed by atoms with Gasteiger partial charge in [-0.25, -0.2) is 0 Å². The van der Waals surface area contributed by atoms with E-state index in [-0.39, 0.29) is 5.92 Å². The van der Waals surface area contributed by atoms with Gasteiger partial charge in [0.15, 0.2) is 0 Å². The Morgan fingerprint density at radius 3 is 2.33 bits per heavy atom. The molecule has 1 aromatic carbocycles. The van der Waals surface area contributed by atoms with E-state index in [2.05, 4.69) is 32.9 Å². The summed E-state index contributed by atoms with van der Waals surface area (Å²) in [5, 5.41) is 19.9. The summed E-state index contributed by atoms with van der Waals surface area (Å²) < 4.78 is 0. The van der Waals surface area contributed by atoms with Gasteiger partial charge in [0.05, 0.1) is 12.0 Å². The lowest BCUT2D eigenvalue weighted by atomic mass is 9.86. The Kier molecular flexibility index (Phi) is 5.04. The van der Waals surface area contributed by atoms with Crippen molar-refractivity contribution in [1.82, 2.24) is 0 Å². The quantitative estimate of drug-likeness (QED) is 0.862. The number of benzene rings is 1. The Morgan fingerprint density at radius 1 is 1.24 bits per heavy atom. The topological polar surface area (TPSA) is 57.5 Å². The van der Waals surface area contributed by atoms with Crippen molar-refractivity contribution in [2.45, 2.75) is 52.1 Å². The molecule has 0 bridgehead atoms. The van der Waals surface area contributed by atoms with E-state index in [1.165, 1.54) is 5.56 Å². The summed E-state index contributed by atoms with van der Waals surface area (Å²) in [5.41, 5.74) is 2.11. The molecule has 1 aliphatic carbocycles. The summed E-state index contributed by atoms with van der Waals surface area (Å²) in [6.45, 7) is 6.41. The van der Waals surface area contributed by atoms with Crippen molar-refractivity contribution in [3.63, 3.8) is 0 Å². The second-order valence-corrected chi connectivity index (χ2v) is 6.61. The standard InChI is InChI=1S/C18H26O3/c1-4-12(3)13-5-7-14(8-6-13)17(19)15-9-11(2)10-16(15)18(20)21/h5-8,11-12,15-17,19H,4,9-10H2,1-3H3,(H,20,21). The first-order valence-corrected chi connectivity index (χ1v) is 7.94. The number of hydrogen-bond donors (Lipinski definition) is 2. The van der Waals surface area contributed by atoms with E-state index < -0.39 is 18.0 Å². The van der Waals surface area contributed by atoms with Crippen LogP contribution in [0.25, 0.3) is 0 Å². The van der Waals surface area contributed by atoms with Crippen LogP contribution in [0.5, 0.6) is 0 Å². The number of hydrogen-bond acceptors (Lipinski definition) is 2. The largest absolute Gasteiger partial charge is 0.481 e. The maximum atomic E-state index is 11.4. The van der Waals surface area contributed by atoms with Crippen LogP contribution in [0.1, 0.15) is 63.2 Å². The first-order valence-electron chi connectivity index (χ1n) is 7.94. The van der Waals surface area contributed by atoms with Crippen molar-refractivity contribution < 1.29 is 15.0 Å². The van der Waals surface area contributed by atoms with E-state index in [0.717, 1.165) is 18.4 Å². The van der Waals surface area contributed by atoms with Crippen LogP contribution in [0.15, 0.2) is 24.3 Å². The molecule has 2 rings (SSSR count). The van der Waals surface area contributed by atoms with Gasteiger partial charge in [-0.05, 0) is 42.2 Å². The molecule has 0 aromatic heterocycles. The summed E-state index contributed by atoms with van der Waals surface area (Å²) in [4.78, 5) is 11.4. The van der Waals surface area contributed by atoms with E-state index >= 15 is 0 Å². The van der Waals surface area contributed by atoms with Crippen molar-refractivity contribution in [2.75, 3.05) is 0 Å². The van der Waals surface area contributed by atoms with Gasteiger partial charge in [0, 0.05) is 5.92 Å². The van der Waals surface area contributed by atoms with Crippen molar-refractivity contribution in [3.05, 3.63) is 35.4 Å². The van der Waals surface area contributed by atoms with E-state index in [0.29, 0.717) is 18.3 Å². The predicted octanol–water partition coefficient (Wildman–Crippen LogP) is 3.98. The third-order valence-corrected chi connectivity index (χ3v) is 5.03. The molecular formula is C18H26O3. The zero-order chi connectivity index (χ0) is 15.6. The van der Waals surface area contributed by atoms with Gasteiger partial charge in [0.2, 0.25) is 0 Å². The van der Waals surface area contributed by atoms with Crippen LogP contribution in [0.2, 0.25) is 0 Å². The molecule has 0 aliphatic heterocycles. The fourth-order valence-corrected chi connectivity index (χ4v) is 3.47. The molecule has 0 spiro atoms. The normalized spacial score (nSPS) is 28.3. The van der Waals surface area contributed by atoms with Crippen LogP contribution in [0.3, 0.4) is 0 Å². The molecule has 1 saturated carbocycles. The molecule has 0 saturated heterocycles. The van der Waals surface area contributed by atoms with E-state index in [4.69, 9.17) is 0 Å². The lowest BCUT2D eigenvalue weighted by Gasteiger charge is -2.23. The number of aliphatic carboxylic acids is 1. The Balaban J connectivity index is 2.15. The van der Waals surface area contributed by atoms with Crippen molar-refractivity contribution in [2.24, 2.45) is 17.8 Å². The highest BCUT2D eigenvalue weighted by Gasteiger charge is 2.41. The summed E-state index contributed by atoms with van der Waals surface area (Å²) in [6, 6.07) is 8.02. The highest BCUT2D eigenvalue weighted by molar-refractivity contribution is 5.71. The monoisotopic (exact) mass is 290 g/mol. The third kappa shape index (κ3) is 3.46. The molecule has 3 nitrogen and oxygen atoms in total. The second kappa shape index (κ2) is 6.61. The lowest BCUT2D eigenvalue weighted by molar-refractivity contribution is -0.144. The predicted molar refractivity (Wildman–Crippen MR) is 83.1 cm³/mol. The van der Waals surface area contributed by atoms with Gasteiger partial charge in [0.1, 0.15) is 0 Å². The van der Waals surface area contributed by atoms with Crippen LogP contribution >= 0.6 is 0 Å². The zero-order valence-corrected chi connectivity index (χ0v) is 13.1. The number of aliphatic hydroxyl groups excluding tert-OH is 1. The van der Waals surface area contributed by atoms with Crippen molar-refractivity contribution in [1.29, 1.82) is 0 Å². The summed E-state index contributed by atoms with van der Waals surface area (Å²) in [6.07, 6.45) is 1.86. The first-order chi connectivity index (χ1) is 9.93. The number of carboxylic acid groups (broad SMARTS) is 1. The number of aliphatic hydroxyl groups is 1. The smallest absolute Gasteiger partial charge is 0.306 e. The molecule has 2 N–H and O–H groups in total. The Morgan fingerprint density at radius 2 is 1.81 bits per heavy atom. The van der Waals surface area contributed by atoms with Crippen LogP contribution in [-0.4, -0.2) is 16.2 Å². The third-order valence-electron chi connectivity index (χ3n) is 5.03. The van der Waals surface area contributed by atoms with Gasteiger partial charge in [-0.3, -0.25) is 4.79 Å². The molecule has 1 aliphatic rings. The van der Waals surface area contributed by atoms with Gasteiger partial charge in [0.25, 0.3) is 0 Å². The minimum Gasteiger partial charge on any atom is -0.481 e. The summed E-state index contributed by atoms with van der Waals surface area (Å²) in [5.74, 6) is -0.504. The molecule has 116 valence electrons. The minimum atomic E-state index is -0.778. The van der Waals surface area contributed by atoms with Gasteiger partial charge < -0.3 is 10.2 Å². The Hall–Kier alpha value is -1.35. The molecule has 5 unspecified atom stereocenters. The summed E-state index contributed by atoms with van der Waals surface area (Å²) in [7, 11) is 0. The van der Waals surface area contributed by atoms with Crippen LogP contribution in [-0.2, 0) is 4.79 Å². The molecule has 21 heavy (non-hydrogen) atoms. The van der Waals surface area contributed by atoms with Gasteiger partial charge in [-0.2, -0.15) is 0 Å². The molecular weight excluding hydrogens is 264 g/mol. The average Bonchev–Trinajstić information content (AvgIpc) is 2.88. The van der Waals surface area contributed by atoms with Gasteiger partial charge >= 0.3 is 5.97 Å². The van der Waals surface area contributed by atoms with E-state index in [1.807, 2.05) is 12.1 Å². The first kappa shape index (κ1) is 16.0. The zero-order valence-electron chi connectivity index (χ0n) is 13.1. The van der Waals surface area contributed by atoms with E-state index in [9.17, 15) is 15.0 Å². The molecule has 0 heterocycles. The lowest BCUT2D eigenvalue weighted by Crippen LogP contribution is -2.23. The Labute approximate surface area is 127 Å². The second-order valence-electron chi connectivity index (χ2n) is 6.61. The minimum absolute atomic E-state index is 0.174. The highest BCUT2D eigenvalue weighted by Crippen LogP contribution is 2.43. The number of carbonyl (C=O) groups is 1. The van der Waals surface area contributed by atoms with Crippen molar-refractivity contribution >= 4 is 5.97 Å². The molecule has 5 atom stereocenters. The fraction of sp³-hybridized carbons (Fsp3) is 0.611. The van der Waals surface area contributed by atoms with Crippen molar-refractivity contribution in [3.8, 4) is 0 Å². The molecule has 0 radical (unpaired) electrons. The molecule has 1 aromatic rings. The van der Waals surface area contributed by atoms with Crippen LogP contribution in [0, 0.1) is 17.8 Å². The molecule has 0 amide bonds. The number of carboxylic acids is 1. The van der Waals surface area contributed by atoms with Gasteiger partial charge in [-0.1, -0.05) is 45.0 Å². The maximum absolute atomic E-state index is 11.4. The molecule has 1 fully saturated rings. The SMILES string of the molecule is CCC(C)c1ccc(C(O)C2CC(C)CC2C(=O)O)cc1. The maximum Gasteiger partial charge on any atom is 0.306 e. The highest BCUT2D eigenvalue weighted by atomic mass is 16.4. The van der Waals surface area contributed by atoms with Gasteiger partial charge in [-0.15, -0.1) is 0 Å².